The molecule has 1 atom stereocenters. The van der Waals surface area contributed by atoms with E-state index in [4.69, 9.17) is 4.55 Å². The molecule has 0 amide bonds. The normalized spacial score (nSPS) is 24.9. The third-order valence-electron chi connectivity index (χ3n) is 2.08. The molecule has 0 saturated heterocycles. The molecule has 10 heteroatoms. The second-order valence-corrected chi connectivity index (χ2v) is 4.66. The molecule has 16 heavy (non-hydrogen) atoms. The largest absolute Gasteiger partial charge is 0.365 e. The maximum Gasteiger partial charge on any atom is 0.365 e. The summed E-state index contributed by atoms with van der Waals surface area (Å²) in [7, 11) is -4.99. The van der Waals surface area contributed by atoms with Gasteiger partial charge in [-0.15, -0.1) is 0 Å². The lowest BCUT2D eigenvalue weighted by molar-refractivity contribution is -0.528. The van der Waals surface area contributed by atoms with E-state index in [0.29, 0.717) is 12.2 Å². The second-order valence-electron chi connectivity index (χ2n) is 3.00. The Morgan fingerprint density at radius 3 is 2.19 bits per heavy atom. The topological polar surface area (TPSA) is 141 Å². The maximum absolute atomic E-state index is 10.9. The fourth-order valence-electron chi connectivity index (χ4n) is 1.16. The number of nitrogens with zero attached hydrogens (tertiary/aromatic N) is 2. The molecule has 0 aromatic rings. The summed E-state index contributed by atoms with van der Waals surface area (Å²) >= 11 is 0. The molecule has 1 rings (SSSR count). The van der Waals surface area contributed by atoms with Crippen molar-refractivity contribution in [2.45, 2.75) is 11.3 Å². The first-order valence-electron chi connectivity index (χ1n) is 3.86. The Balaban J connectivity index is 3.22. The van der Waals surface area contributed by atoms with E-state index < -0.39 is 37.0 Å². The van der Waals surface area contributed by atoms with Crippen LogP contribution in [0.1, 0.15) is 6.42 Å². The average Bonchev–Trinajstić information content (AvgIpc) is 2.15. The fourth-order valence-corrected chi connectivity index (χ4v) is 1.88. The molecule has 9 nitrogen and oxygen atoms in total. The van der Waals surface area contributed by atoms with Gasteiger partial charge in [-0.3, -0.25) is 24.8 Å². The van der Waals surface area contributed by atoms with Gasteiger partial charge in [-0.05, 0) is 0 Å². The third kappa shape index (κ3) is 1.79. The smallest absolute Gasteiger partial charge is 0.280 e. The van der Waals surface area contributed by atoms with E-state index in [2.05, 4.69) is 0 Å². The molecule has 0 aliphatic heterocycles. The summed E-state index contributed by atoms with van der Waals surface area (Å²) in [5.74, 6) is 0. The first-order valence-corrected chi connectivity index (χ1v) is 5.30. The van der Waals surface area contributed by atoms with Crippen LogP contribution in [0.3, 0.4) is 0 Å². The van der Waals surface area contributed by atoms with Crippen molar-refractivity contribution >= 4 is 10.1 Å². The monoisotopic (exact) mass is 250 g/mol. The number of rotatable bonds is 3. The van der Waals surface area contributed by atoms with Crippen molar-refractivity contribution in [3.8, 4) is 0 Å². The van der Waals surface area contributed by atoms with E-state index in [1.807, 2.05) is 0 Å². The Hall–Kier alpha value is -1.81. The Morgan fingerprint density at radius 1 is 1.38 bits per heavy atom. The average molecular weight is 250 g/mol. The van der Waals surface area contributed by atoms with Gasteiger partial charge in [0.25, 0.3) is 5.70 Å². The van der Waals surface area contributed by atoms with Crippen LogP contribution in [0.4, 0.5) is 0 Å². The summed E-state index contributed by atoms with van der Waals surface area (Å²) in [6.07, 6.45) is 1.17. The van der Waals surface area contributed by atoms with E-state index in [9.17, 15) is 28.6 Å². The van der Waals surface area contributed by atoms with Gasteiger partial charge < -0.3 is 0 Å². The van der Waals surface area contributed by atoms with Crippen LogP contribution < -0.4 is 0 Å². The lowest BCUT2D eigenvalue weighted by Gasteiger charge is -2.18. The number of nitro groups is 2. The summed E-state index contributed by atoms with van der Waals surface area (Å²) in [6, 6.07) is 0. The molecule has 0 saturated carbocycles. The molecule has 0 aromatic heterocycles. The van der Waals surface area contributed by atoms with Crippen LogP contribution >= 0.6 is 0 Å². The van der Waals surface area contributed by atoms with Crippen molar-refractivity contribution < 1.29 is 22.8 Å². The van der Waals surface area contributed by atoms with Crippen LogP contribution in [0.25, 0.3) is 0 Å². The molecule has 1 aliphatic carbocycles. The molecule has 0 spiro atoms. The van der Waals surface area contributed by atoms with Crippen LogP contribution in [0.15, 0.2) is 23.9 Å². The SMILES string of the molecule is O=[N+]([O-])C1=CCC([N+](=O)[O-])(S(=O)(=O)O)C=C1. The highest BCUT2D eigenvalue weighted by Crippen LogP contribution is 2.29. The molecule has 1 aliphatic rings. The van der Waals surface area contributed by atoms with Gasteiger partial charge in [0.2, 0.25) is 0 Å². The zero-order chi connectivity index (χ0) is 12.6. The lowest BCUT2D eigenvalue weighted by atomic mass is 10.1. The lowest BCUT2D eigenvalue weighted by Crippen LogP contribution is -2.44. The van der Waals surface area contributed by atoms with Crippen molar-refractivity contribution in [3.05, 3.63) is 44.2 Å². The van der Waals surface area contributed by atoms with Gasteiger partial charge in [0.1, 0.15) is 0 Å². The summed E-state index contributed by atoms with van der Waals surface area (Å²) in [5, 5.41) is 20.9. The molecule has 0 radical (unpaired) electrons. The van der Waals surface area contributed by atoms with E-state index >= 15 is 0 Å². The molecule has 1 N–H and O–H groups in total. The van der Waals surface area contributed by atoms with Gasteiger partial charge in [-0.25, -0.2) is 0 Å². The summed E-state index contributed by atoms with van der Waals surface area (Å²) in [4.78, 5) is 16.2. The first kappa shape index (κ1) is 12.3. The number of allylic oxidation sites excluding steroid dienone is 1. The van der Waals surface area contributed by atoms with E-state index in [-0.39, 0.29) is 0 Å². The van der Waals surface area contributed by atoms with Crippen LogP contribution in [0.5, 0.6) is 0 Å². The number of hydrogen-bond acceptors (Lipinski definition) is 6. The fraction of sp³-hybridized carbons (Fsp3) is 0.333. The van der Waals surface area contributed by atoms with E-state index in [0.717, 1.165) is 6.08 Å². The van der Waals surface area contributed by atoms with Crippen LogP contribution in [-0.2, 0) is 10.1 Å². The molecule has 0 heterocycles. The predicted octanol–water partition coefficient (Wildman–Crippen LogP) is -0.0323. The highest BCUT2D eigenvalue weighted by atomic mass is 32.2. The Kier molecular flexibility index (Phi) is 2.79. The minimum atomic E-state index is -4.99. The van der Waals surface area contributed by atoms with Gasteiger partial charge in [-0.2, -0.15) is 8.42 Å². The number of hydrogen-bond donors (Lipinski definition) is 1. The van der Waals surface area contributed by atoms with Gasteiger partial charge >= 0.3 is 15.0 Å². The quantitative estimate of drug-likeness (QED) is 0.421. The van der Waals surface area contributed by atoms with Crippen LogP contribution in [0, 0.1) is 20.2 Å². The Labute approximate surface area is 89.1 Å². The zero-order valence-corrected chi connectivity index (χ0v) is 8.46. The van der Waals surface area contributed by atoms with Crippen molar-refractivity contribution in [1.82, 2.24) is 0 Å². The standard InChI is InChI=1S/C6H6N2O7S/c9-7(10)5-1-3-6(4-2-5,8(11)12)16(13,14)15/h1-3H,4H2,(H,13,14,15). The van der Waals surface area contributed by atoms with E-state index in [1.54, 1.807) is 0 Å². The van der Waals surface area contributed by atoms with Gasteiger partial charge in [-0.1, -0.05) is 0 Å². The minimum absolute atomic E-state index is 0.457. The van der Waals surface area contributed by atoms with Gasteiger partial charge in [0, 0.05) is 23.2 Å². The van der Waals surface area contributed by atoms with E-state index in [1.165, 1.54) is 0 Å². The van der Waals surface area contributed by atoms with Gasteiger partial charge in [0.05, 0.1) is 11.3 Å². The Morgan fingerprint density at radius 2 is 1.94 bits per heavy atom. The highest BCUT2D eigenvalue weighted by Gasteiger charge is 2.54. The van der Waals surface area contributed by atoms with Crippen LogP contribution in [-0.4, -0.2) is 27.7 Å². The van der Waals surface area contributed by atoms with Crippen molar-refractivity contribution in [1.29, 1.82) is 0 Å². The maximum atomic E-state index is 10.9. The summed E-state index contributed by atoms with van der Waals surface area (Å²) in [6.45, 7) is 0. The molecule has 88 valence electrons. The van der Waals surface area contributed by atoms with Crippen molar-refractivity contribution in [3.63, 3.8) is 0 Å². The molecule has 0 bridgehead atoms. The first-order chi connectivity index (χ1) is 7.21. The minimum Gasteiger partial charge on any atom is -0.280 e. The zero-order valence-electron chi connectivity index (χ0n) is 7.64. The second kappa shape index (κ2) is 3.64. The molecule has 0 fully saturated rings. The highest BCUT2D eigenvalue weighted by molar-refractivity contribution is 7.87. The predicted molar refractivity (Wildman–Crippen MR) is 50.1 cm³/mol. The third-order valence-corrected chi connectivity index (χ3v) is 3.43. The van der Waals surface area contributed by atoms with Crippen molar-refractivity contribution in [2.75, 3.05) is 0 Å². The molecular formula is C6H6N2O7S. The summed E-state index contributed by atoms with van der Waals surface area (Å²) < 4.78 is 30.5. The van der Waals surface area contributed by atoms with Crippen molar-refractivity contribution in [2.24, 2.45) is 0 Å². The molecular weight excluding hydrogens is 244 g/mol. The van der Waals surface area contributed by atoms with Gasteiger partial charge in [0.15, 0.2) is 0 Å². The Bertz CT molecular complexity index is 505. The summed E-state index contributed by atoms with van der Waals surface area (Å²) in [5.41, 5.74) is -0.457. The van der Waals surface area contributed by atoms with Crippen LogP contribution in [0.2, 0.25) is 0 Å². The molecule has 1 unspecified atom stereocenters. The molecule has 0 aromatic carbocycles.